The molecule has 0 fully saturated rings. The van der Waals surface area contributed by atoms with E-state index in [2.05, 4.69) is 5.32 Å². The van der Waals surface area contributed by atoms with Gasteiger partial charge in [0.1, 0.15) is 5.75 Å². The van der Waals surface area contributed by atoms with E-state index >= 15 is 0 Å². The Balaban J connectivity index is 2.08. The molecule has 1 amide bonds. The van der Waals surface area contributed by atoms with Crippen LogP contribution in [0.1, 0.15) is 17.2 Å². The van der Waals surface area contributed by atoms with Gasteiger partial charge >= 0.3 is 5.97 Å². The summed E-state index contributed by atoms with van der Waals surface area (Å²) in [5, 5.41) is 11.9. The van der Waals surface area contributed by atoms with Gasteiger partial charge in [0.2, 0.25) is 5.91 Å². The van der Waals surface area contributed by atoms with Gasteiger partial charge in [-0.15, -0.1) is 0 Å². The van der Waals surface area contributed by atoms with Crippen LogP contribution >= 0.6 is 0 Å². The molecule has 0 spiro atoms. The Bertz CT molecular complexity index is 637. The molecule has 2 rings (SSSR count). The molecule has 0 bridgehead atoms. The van der Waals surface area contributed by atoms with Crippen molar-refractivity contribution in [2.75, 3.05) is 7.11 Å². The second-order valence-electron chi connectivity index (χ2n) is 4.78. The zero-order chi connectivity index (χ0) is 15.9. The van der Waals surface area contributed by atoms with Gasteiger partial charge in [-0.3, -0.25) is 4.79 Å². The number of aromatic hydroxyl groups is 1. The van der Waals surface area contributed by atoms with Crippen LogP contribution in [0.4, 0.5) is 0 Å². The van der Waals surface area contributed by atoms with Gasteiger partial charge in [0.15, 0.2) is 6.04 Å². The van der Waals surface area contributed by atoms with Gasteiger partial charge in [-0.25, -0.2) is 4.79 Å². The summed E-state index contributed by atoms with van der Waals surface area (Å²) >= 11 is 0. The van der Waals surface area contributed by atoms with Crippen molar-refractivity contribution in [2.45, 2.75) is 12.5 Å². The van der Waals surface area contributed by atoms with E-state index in [4.69, 9.17) is 4.74 Å². The molecule has 2 N–H and O–H groups in total. The number of hydrogen-bond acceptors (Lipinski definition) is 4. The van der Waals surface area contributed by atoms with Crippen molar-refractivity contribution in [1.82, 2.24) is 5.32 Å². The molecule has 114 valence electrons. The van der Waals surface area contributed by atoms with Crippen molar-refractivity contribution in [3.63, 3.8) is 0 Å². The summed E-state index contributed by atoms with van der Waals surface area (Å²) in [5.41, 5.74) is 1.40. The molecule has 5 nitrogen and oxygen atoms in total. The Kier molecular flexibility index (Phi) is 5.14. The SMILES string of the molecule is COC(=O)C(NC(=O)Cc1ccc(O)cc1)c1ccccc1. The van der Waals surface area contributed by atoms with Crippen LogP contribution in [0.2, 0.25) is 0 Å². The standard InChI is InChI=1S/C17H17NO4/c1-22-17(21)16(13-5-3-2-4-6-13)18-15(20)11-12-7-9-14(19)10-8-12/h2-10,16,19H,11H2,1H3,(H,18,20). The van der Waals surface area contributed by atoms with Crippen molar-refractivity contribution in [2.24, 2.45) is 0 Å². The first-order chi connectivity index (χ1) is 10.6. The highest BCUT2D eigenvalue weighted by molar-refractivity contribution is 5.86. The molecule has 2 aromatic carbocycles. The molecular formula is C17H17NO4. The summed E-state index contributed by atoms with van der Waals surface area (Å²) in [6.07, 6.45) is 0.112. The quantitative estimate of drug-likeness (QED) is 0.828. The molecule has 0 saturated carbocycles. The fourth-order valence-electron chi connectivity index (χ4n) is 2.05. The lowest BCUT2D eigenvalue weighted by Gasteiger charge is -2.17. The lowest BCUT2D eigenvalue weighted by molar-refractivity contribution is -0.145. The number of amides is 1. The lowest BCUT2D eigenvalue weighted by Crippen LogP contribution is -2.35. The summed E-state index contributed by atoms with van der Waals surface area (Å²) in [5.74, 6) is -0.684. The Morgan fingerprint density at radius 3 is 2.32 bits per heavy atom. The van der Waals surface area contributed by atoms with Crippen LogP contribution in [0.15, 0.2) is 54.6 Å². The van der Waals surface area contributed by atoms with Crippen LogP contribution in [0.25, 0.3) is 0 Å². The number of carbonyl (C=O) groups is 2. The third kappa shape index (κ3) is 4.09. The molecule has 22 heavy (non-hydrogen) atoms. The van der Waals surface area contributed by atoms with Gasteiger partial charge in [0.25, 0.3) is 0 Å². The Labute approximate surface area is 128 Å². The summed E-state index contributed by atoms with van der Waals surface area (Å²) in [6, 6.07) is 14.4. The summed E-state index contributed by atoms with van der Waals surface area (Å²) in [6.45, 7) is 0. The van der Waals surface area contributed by atoms with Crippen molar-refractivity contribution in [3.05, 3.63) is 65.7 Å². The number of benzene rings is 2. The molecule has 5 heteroatoms. The average molecular weight is 299 g/mol. The molecule has 0 heterocycles. The fourth-order valence-corrected chi connectivity index (χ4v) is 2.05. The molecule has 1 atom stereocenters. The summed E-state index contributed by atoms with van der Waals surface area (Å²) in [7, 11) is 1.28. The van der Waals surface area contributed by atoms with Crippen LogP contribution < -0.4 is 5.32 Å². The third-order valence-corrected chi connectivity index (χ3v) is 3.18. The minimum Gasteiger partial charge on any atom is -0.508 e. The number of phenolic OH excluding ortho intramolecular Hbond substituents is 1. The van der Waals surface area contributed by atoms with E-state index in [1.165, 1.54) is 19.2 Å². The average Bonchev–Trinajstić information content (AvgIpc) is 2.55. The minimum absolute atomic E-state index is 0.112. The van der Waals surface area contributed by atoms with Gasteiger partial charge in [0, 0.05) is 0 Å². The molecule has 2 aromatic rings. The van der Waals surface area contributed by atoms with E-state index in [-0.39, 0.29) is 18.1 Å². The number of nitrogens with one attached hydrogen (secondary N) is 1. The smallest absolute Gasteiger partial charge is 0.333 e. The maximum Gasteiger partial charge on any atom is 0.333 e. The molecule has 0 saturated heterocycles. The Morgan fingerprint density at radius 1 is 1.09 bits per heavy atom. The number of carbonyl (C=O) groups excluding carboxylic acids is 2. The maximum absolute atomic E-state index is 12.1. The van der Waals surface area contributed by atoms with Crippen LogP contribution in [0.3, 0.4) is 0 Å². The van der Waals surface area contributed by atoms with Crippen molar-refractivity contribution >= 4 is 11.9 Å². The first kappa shape index (κ1) is 15.6. The van der Waals surface area contributed by atoms with Crippen LogP contribution in [-0.2, 0) is 20.7 Å². The van der Waals surface area contributed by atoms with Crippen LogP contribution in [0.5, 0.6) is 5.75 Å². The number of esters is 1. The molecule has 0 aromatic heterocycles. The highest BCUT2D eigenvalue weighted by Crippen LogP contribution is 2.15. The maximum atomic E-state index is 12.1. The second kappa shape index (κ2) is 7.26. The van der Waals surface area contributed by atoms with E-state index < -0.39 is 12.0 Å². The highest BCUT2D eigenvalue weighted by Gasteiger charge is 2.23. The molecule has 1 unspecified atom stereocenters. The predicted octanol–water partition coefficient (Wildman–Crippen LogP) is 1.97. The number of ether oxygens (including phenoxy) is 1. The molecule has 0 radical (unpaired) electrons. The topological polar surface area (TPSA) is 75.6 Å². The molecule has 0 aliphatic carbocycles. The van der Waals surface area contributed by atoms with Gasteiger partial charge in [-0.05, 0) is 23.3 Å². The number of hydrogen-bond donors (Lipinski definition) is 2. The van der Waals surface area contributed by atoms with E-state index in [0.29, 0.717) is 5.56 Å². The van der Waals surface area contributed by atoms with Gasteiger partial charge in [-0.1, -0.05) is 42.5 Å². The van der Waals surface area contributed by atoms with Crippen molar-refractivity contribution in [3.8, 4) is 5.75 Å². The Morgan fingerprint density at radius 2 is 1.73 bits per heavy atom. The van der Waals surface area contributed by atoms with Gasteiger partial charge in [-0.2, -0.15) is 0 Å². The number of phenols is 1. The molecule has 0 aliphatic heterocycles. The lowest BCUT2D eigenvalue weighted by atomic mass is 10.1. The second-order valence-corrected chi connectivity index (χ2v) is 4.78. The van der Waals surface area contributed by atoms with E-state index in [0.717, 1.165) is 5.56 Å². The fraction of sp³-hybridized carbons (Fsp3) is 0.176. The predicted molar refractivity (Wildman–Crippen MR) is 81.2 cm³/mol. The highest BCUT2D eigenvalue weighted by atomic mass is 16.5. The minimum atomic E-state index is -0.837. The van der Waals surface area contributed by atoms with E-state index in [9.17, 15) is 14.7 Å². The first-order valence-electron chi connectivity index (χ1n) is 6.80. The van der Waals surface area contributed by atoms with Gasteiger partial charge < -0.3 is 15.2 Å². The first-order valence-corrected chi connectivity index (χ1v) is 6.80. The normalized spacial score (nSPS) is 11.5. The van der Waals surface area contributed by atoms with E-state index in [1.807, 2.05) is 6.07 Å². The zero-order valence-electron chi connectivity index (χ0n) is 12.2. The summed E-state index contributed by atoms with van der Waals surface area (Å²) < 4.78 is 4.75. The number of rotatable bonds is 5. The Hall–Kier alpha value is -2.82. The molecule has 0 aliphatic rings. The number of methoxy groups -OCH3 is 1. The third-order valence-electron chi connectivity index (χ3n) is 3.18. The zero-order valence-corrected chi connectivity index (χ0v) is 12.2. The van der Waals surface area contributed by atoms with Crippen LogP contribution in [0, 0.1) is 0 Å². The van der Waals surface area contributed by atoms with E-state index in [1.54, 1.807) is 36.4 Å². The summed E-state index contributed by atoms with van der Waals surface area (Å²) in [4.78, 5) is 24.0. The monoisotopic (exact) mass is 299 g/mol. The van der Waals surface area contributed by atoms with Crippen molar-refractivity contribution in [1.29, 1.82) is 0 Å². The van der Waals surface area contributed by atoms with Crippen LogP contribution in [-0.4, -0.2) is 24.1 Å². The molecular weight excluding hydrogens is 282 g/mol. The van der Waals surface area contributed by atoms with Gasteiger partial charge in [0.05, 0.1) is 13.5 Å². The van der Waals surface area contributed by atoms with Crippen molar-refractivity contribution < 1.29 is 19.4 Å². The largest absolute Gasteiger partial charge is 0.508 e.